The zero-order chi connectivity index (χ0) is 21.3. The molecule has 0 bridgehead atoms. The van der Waals surface area contributed by atoms with Crippen LogP contribution < -0.4 is 19.7 Å². The Bertz CT molecular complexity index is 1100. The molecule has 0 saturated carbocycles. The van der Waals surface area contributed by atoms with E-state index in [1.54, 1.807) is 23.5 Å². The van der Waals surface area contributed by atoms with Gasteiger partial charge >= 0.3 is 0 Å². The molecule has 8 heteroatoms. The van der Waals surface area contributed by atoms with Crippen molar-refractivity contribution < 1.29 is 14.3 Å². The van der Waals surface area contributed by atoms with Gasteiger partial charge in [0.1, 0.15) is 11.5 Å². The molecule has 1 aromatic heterocycles. The first-order valence-electron chi connectivity index (χ1n) is 9.50. The Labute approximate surface area is 184 Å². The molecule has 156 valence electrons. The third-order valence-electron chi connectivity index (χ3n) is 5.07. The zero-order valence-electron chi connectivity index (χ0n) is 17.0. The molecule has 0 fully saturated rings. The number of aryl methyl sites for hydroxylation is 1. The third-order valence-corrected chi connectivity index (χ3v) is 6.14. The molecular formula is C22H22ClN3O3S. The Kier molecular flexibility index (Phi) is 5.83. The highest BCUT2D eigenvalue weighted by Gasteiger charge is 2.23. The molecule has 6 nitrogen and oxygen atoms in total. The Morgan fingerprint density at radius 2 is 2.03 bits per heavy atom. The van der Waals surface area contributed by atoms with E-state index in [1.165, 1.54) is 19.8 Å². The van der Waals surface area contributed by atoms with Crippen molar-refractivity contribution >= 4 is 40.2 Å². The maximum absolute atomic E-state index is 12.7. The fourth-order valence-corrected chi connectivity index (χ4v) is 4.46. The molecule has 0 aliphatic carbocycles. The second kappa shape index (κ2) is 8.53. The molecular weight excluding hydrogens is 422 g/mol. The van der Waals surface area contributed by atoms with Crippen LogP contribution in [0, 0.1) is 6.92 Å². The molecule has 1 amide bonds. The second-order valence-electron chi connectivity index (χ2n) is 7.00. The van der Waals surface area contributed by atoms with Gasteiger partial charge in [-0.15, -0.1) is 11.3 Å². The first kappa shape index (κ1) is 20.5. The Balaban J connectivity index is 1.48. The van der Waals surface area contributed by atoms with Crippen LogP contribution in [-0.2, 0) is 11.2 Å². The number of thiazole rings is 1. The zero-order valence-corrected chi connectivity index (χ0v) is 18.6. The highest BCUT2D eigenvalue weighted by molar-refractivity contribution is 7.09. The van der Waals surface area contributed by atoms with E-state index < -0.39 is 0 Å². The molecule has 0 saturated heterocycles. The molecule has 3 aromatic rings. The van der Waals surface area contributed by atoms with Crippen LogP contribution in [0.15, 0.2) is 35.7 Å². The quantitative estimate of drug-likeness (QED) is 0.593. The monoisotopic (exact) mass is 443 g/mol. The number of ether oxygens (including phenoxy) is 2. The number of methoxy groups -OCH3 is 2. The number of benzene rings is 2. The lowest BCUT2D eigenvalue weighted by molar-refractivity contribution is -0.115. The third kappa shape index (κ3) is 4.08. The van der Waals surface area contributed by atoms with Gasteiger partial charge in [-0.05, 0) is 31.0 Å². The summed E-state index contributed by atoms with van der Waals surface area (Å²) in [6.07, 6.45) is 0.900. The van der Waals surface area contributed by atoms with E-state index in [-0.39, 0.29) is 12.5 Å². The number of hydrogen-bond acceptors (Lipinski definition) is 6. The SMILES string of the molecule is COc1cc(NC(=O)CN2CCc3cc(-c4csc(C)n4)ccc32)c(OC)cc1Cl. The molecule has 0 radical (unpaired) electrons. The van der Waals surface area contributed by atoms with Crippen molar-refractivity contribution in [1.82, 2.24) is 4.98 Å². The van der Waals surface area contributed by atoms with Crippen LogP contribution in [-0.4, -0.2) is 38.2 Å². The molecule has 1 aliphatic heterocycles. The lowest BCUT2D eigenvalue weighted by Crippen LogP contribution is -2.32. The summed E-state index contributed by atoms with van der Waals surface area (Å²) in [5, 5.41) is 6.46. The topological polar surface area (TPSA) is 63.7 Å². The standard InChI is InChI=1S/C22H22ClN3O3S/c1-13-24-18(12-30-13)14-4-5-19-15(8-14)6-7-26(19)11-22(27)25-17-10-20(28-2)16(23)9-21(17)29-3/h4-5,8-10,12H,6-7,11H2,1-3H3,(H,25,27). The molecule has 0 atom stereocenters. The van der Waals surface area contributed by atoms with Crippen molar-refractivity contribution in [2.24, 2.45) is 0 Å². The van der Waals surface area contributed by atoms with Gasteiger partial charge in [-0.2, -0.15) is 0 Å². The lowest BCUT2D eigenvalue weighted by Gasteiger charge is -2.20. The van der Waals surface area contributed by atoms with Crippen LogP contribution in [0.25, 0.3) is 11.3 Å². The predicted octanol–water partition coefficient (Wildman–Crippen LogP) is 4.79. The minimum atomic E-state index is -0.135. The summed E-state index contributed by atoms with van der Waals surface area (Å²) in [4.78, 5) is 19.4. The molecule has 1 N–H and O–H groups in total. The van der Waals surface area contributed by atoms with Crippen LogP contribution in [0.2, 0.25) is 5.02 Å². The number of nitrogens with zero attached hydrogens (tertiary/aromatic N) is 2. The van der Waals surface area contributed by atoms with Gasteiger partial charge < -0.3 is 19.7 Å². The molecule has 2 aromatic carbocycles. The number of aromatic nitrogens is 1. The molecule has 1 aliphatic rings. The normalized spacial score (nSPS) is 12.6. The van der Waals surface area contributed by atoms with E-state index in [0.717, 1.165) is 34.9 Å². The van der Waals surface area contributed by atoms with Gasteiger partial charge in [-0.25, -0.2) is 4.98 Å². The average Bonchev–Trinajstić information content (AvgIpc) is 3.34. The van der Waals surface area contributed by atoms with Gasteiger partial charge in [0.15, 0.2) is 0 Å². The van der Waals surface area contributed by atoms with Crippen molar-refractivity contribution in [2.45, 2.75) is 13.3 Å². The van der Waals surface area contributed by atoms with Crippen LogP contribution in [0.3, 0.4) is 0 Å². The van der Waals surface area contributed by atoms with E-state index in [2.05, 4.69) is 38.8 Å². The van der Waals surface area contributed by atoms with E-state index in [4.69, 9.17) is 21.1 Å². The molecule has 30 heavy (non-hydrogen) atoms. The molecule has 4 rings (SSSR count). The summed E-state index contributed by atoms with van der Waals surface area (Å²) in [5.74, 6) is 0.827. The van der Waals surface area contributed by atoms with Gasteiger partial charge in [-0.3, -0.25) is 4.79 Å². The van der Waals surface area contributed by atoms with Gasteiger partial charge in [0.25, 0.3) is 0 Å². The van der Waals surface area contributed by atoms with Crippen LogP contribution in [0.5, 0.6) is 11.5 Å². The summed E-state index contributed by atoms with van der Waals surface area (Å²) in [6, 6.07) is 9.61. The van der Waals surface area contributed by atoms with Crippen LogP contribution in [0.4, 0.5) is 11.4 Å². The molecule has 2 heterocycles. The van der Waals surface area contributed by atoms with E-state index in [1.807, 2.05) is 6.92 Å². The fourth-order valence-electron chi connectivity index (χ4n) is 3.61. The summed E-state index contributed by atoms with van der Waals surface area (Å²) in [5.41, 5.74) is 4.96. The largest absolute Gasteiger partial charge is 0.495 e. The highest BCUT2D eigenvalue weighted by Crippen LogP contribution is 2.36. The van der Waals surface area contributed by atoms with Gasteiger partial charge in [-0.1, -0.05) is 17.7 Å². The Morgan fingerprint density at radius 3 is 2.73 bits per heavy atom. The average molecular weight is 444 g/mol. The summed E-state index contributed by atoms with van der Waals surface area (Å²) in [7, 11) is 3.06. The second-order valence-corrected chi connectivity index (χ2v) is 8.47. The van der Waals surface area contributed by atoms with Crippen molar-refractivity contribution in [3.63, 3.8) is 0 Å². The van der Waals surface area contributed by atoms with Crippen molar-refractivity contribution in [3.8, 4) is 22.8 Å². The predicted molar refractivity (Wildman–Crippen MR) is 121 cm³/mol. The maximum Gasteiger partial charge on any atom is 0.243 e. The van der Waals surface area contributed by atoms with Gasteiger partial charge in [0, 0.05) is 35.3 Å². The Morgan fingerprint density at radius 1 is 1.23 bits per heavy atom. The van der Waals surface area contributed by atoms with Gasteiger partial charge in [0.2, 0.25) is 5.91 Å². The number of halogens is 1. The number of carbonyl (C=O) groups excluding carboxylic acids is 1. The smallest absolute Gasteiger partial charge is 0.243 e. The van der Waals surface area contributed by atoms with Gasteiger partial charge in [0.05, 0.1) is 42.2 Å². The fraction of sp³-hybridized carbons (Fsp3) is 0.273. The number of carbonyl (C=O) groups is 1. The number of rotatable bonds is 6. The number of nitrogens with one attached hydrogen (secondary N) is 1. The summed E-state index contributed by atoms with van der Waals surface area (Å²) in [6.45, 7) is 3.05. The van der Waals surface area contributed by atoms with Crippen LogP contribution in [0.1, 0.15) is 10.6 Å². The summed E-state index contributed by atoms with van der Waals surface area (Å²) < 4.78 is 10.6. The van der Waals surface area contributed by atoms with Crippen molar-refractivity contribution in [2.75, 3.05) is 37.5 Å². The minimum absolute atomic E-state index is 0.135. The maximum atomic E-state index is 12.7. The van der Waals surface area contributed by atoms with Crippen LogP contribution >= 0.6 is 22.9 Å². The summed E-state index contributed by atoms with van der Waals surface area (Å²) >= 11 is 7.79. The van der Waals surface area contributed by atoms with Crippen molar-refractivity contribution in [3.05, 3.63) is 51.3 Å². The molecule has 0 spiro atoms. The van der Waals surface area contributed by atoms with E-state index >= 15 is 0 Å². The van der Waals surface area contributed by atoms with E-state index in [0.29, 0.717) is 22.2 Å². The molecule has 0 unspecified atom stereocenters. The Hall–Kier alpha value is -2.77. The first-order chi connectivity index (χ1) is 14.5. The number of fused-ring (bicyclic) bond motifs is 1. The lowest BCUT2D eigenvalue weighted by atomic mass is 10.1. The minimum Gasteiger partial charge on any atom is -0.495 e. The number of hydrogen-bond donors (Lipinski definition) is 1. The number of anilines is 2. The number of amides is 1. The highest BCUT2D eigenvalue weighted by atomic mass is 35.5. The van der Waals surface area contributed by atoms with Crippen molar-refractivity contribution in [1.29, 1.82) is 0 Å². The first-order valence-corrected chi connectivity index (χ1v) is 10.8. The van der Waals surface area contributed by atoms with E-state index in [9.17, 15) is 4.79 Å².